The molecule has 1 heterocycles. The third-order valence-corrected chi connectivity index (χ3v) is 4.26. The zero-order chi connectivity index (χ0) is 16.4. The van der Waals surface area contributed by atoms with Gasteiger partial charge in [0.15, 0.2) is 0 Å². The highest BCUT2D eigenvalue weighted by molar-refractivity contribution is 5.82. The lowest BCUT2D eigenvalue weighted by molar-refractivity contribution is 0.407. The fourth-order valence-corrected chi connectivity index (χ4v) is 3.08. The molecule has 0 aliphatic carbocycles. The molecule has 2 nitrogen and oxygen atoms in total. The standard InChI is InChI=1S/C22H18O2/c1-23-19-13-12-18-14-21(24-20(18)15-19)22(16-8-4-2-5-9-16)17-10-6-3-7-11-17/h2-13,15H,14H2,1H3. The first-order valence-electron chi connectivity index (χ1n) is 8.04. The van der Waals surface area contributed by atoms with Crippen LogP contribution in [0.3, 0.4) is 0 Å². The third kappa shape index (κ3) is 2.67. The van der Waals surface area contributed by atoms with E-state index in [1.807, 2.05) is 24.3 Å². The number of benzene rings is 3. The van der Waals surface area contributed by atoms with Gasteiger partial charge in [0.25, 0.3) is 0 Å². The van der Waals surface area contributed by atoms with Crippen LogP contribution in [0.15, 0.2) is 84.6 Å². The Labute approximate surface area is 142 Å². The molecule has 0 N–H and O–H groups in total. The Morgan fingerprint density at radius 3 is 2.04 bits per heavy atom. The van der Waals surface area contributed by atoms with Crippen molar-refractivity contribution < 1.29 is 9.47 Å². The first-order chi connectivity index (χ1) is 11.8. The number of hydrogen-bond acceptors (Lipinski definition) is 2. The van der Waals surface area contributed by atoms with Gasteiger partial charge in [-0.3, -0.25) is 0 Å². The number of rotatable bonds is 3. The summed E-state index contributed by atoms with van der Waals surface area (Å²) in [6.07, 6.45) is 0.790. The molecule has 1 aliphatic rings. The van der Waals surface area contributed by atoms with Gasteiger partial charge < -0.3 is 9.47 Å². The molecule has 0 bridgehead atoms. The highest BCUT2D eigenvalue weighted by Gasteiger charge is 2.23. The van der Waals surface area contributed by atoms with E-state index in [1.165, 1.54) is 16.7 Å². The van der Waals surface area contributed by atoms with Gasteiger partial charge in [-0.15, -0.1) is 0 Å². The van der Waals surface area contributed by atoms with E-state index < -0.39 is 0 Å². The van der Waals surface area contributed by atoms with Gasteiger partial charge in [0.2, 0.25) is 0 Å². The molecule has 3 aromatic carbocycles. The van der Waals surface area contributed by atoms with Gasteiger partial charge >= 0.3 is 0 Å². The highest BCUT2D eigenvalue weighted by Crippen LogP contribution is 2.39. The van der Waals surface area contributed by atoms with E-state index in [0.29, 0.717) is 0 Å². The zero-order valence-electron chi connectivity index (χ0n) is 13.5. The molecule has 0 aromatic heterocycles. The van der Waals surface area contributed by atoms with Crippen molar-refractivity contribution in [1.29, 1.82) is 0 Å². The van der Waals surface area contributed by atoms with Crippen LogP contribution in [0.5, 0.6) is 11.5 Å². The first kappa shape index (κ1) is 14.6. The summed E-state index contributed by atoms with van der Waals surface area (Å²) in [5.74, 6) is 2.68. The minimum atomic E-state index is 0.790. The second-order valence-corrected chi connectivity index (χ2v) is 5.78. The summed E-state index contributed by atoms with van der Waals surface area (Å²) in [4.78, 5) is 0. The Balaban J connectivity index is 1.84. The lowest BCUT2D eigenvalue weighted by Crippen LogP contribution is -1.98. The van der Waals surface area contributed by atoms with Crippen LogP contribution in [0.4, 0.5) is 0 Å². The number of hydrogen-bond donors (Lipinski definition) is 0. The molecule has 0 spiro atoms. The second kappa shape index (κ2) is 6.25. The van der Waals surface area contributed by atoms with Crippen molar-refractivity contribution in [1.82, 2.24) is 0 Å². The molecule has 2 heteroatoms. The quantitative estimate of drug-likeness (QED) is 0.670. The van der Waals surface area contributed by atoms with Crippen LogP contribution in [-0.4, -0.2) is 7.11 Å². The summed E-state index contributed by atoms with van der Waals surface area (Å²) >= 11 is 0. The summed E-state index contributed by atoms with van der Waals surface area (Å²) in [5.41, 5.74) is 4.67. The molecule has 0 unspecified atom stereocenters. The zero-order valence-corrected chi connectivity index (χ0v) is 13.5. The lowest BCUT2D eigenvalue weighted by Gasteiger charge is -2.12. The maximum absolute atomic E-state index is 6.22. The molecule has 0 saturated heterocycles. The molecule has 0 saturated carbocycles. The van der Waals surface area contributed by atoms with Gasteiger partial charge in [0.05, 0.1) is 7.11 Å². The van der Waals surface area contributed by atoms with E-state index in [1.54, 1.807) is 7.11 Å². The van der Waals surface area contributed by atoms with Gasteiger partial charge in [-0.2, -0.15) is 0 Å². The van der Waals surface area contributed by atoms with E-state index in [4.69, 9.17) is 9.47 Å². The Hall–Kier alpha value is -3.00. The number of allylic oxidation sites excluding steroid dienone is 1. The average Bonchev–Trinajstić information content (AvgIpc) is 3.06. The summed E-state index contributed by atoms with van der Waals surface area (Å²) < 4.78 is 11.5. The lowest BCUT2D eigenvalue weighted by atomic mass is 9.95. The van der Waals surface area contributed by atoms with E-state index in [0.717, 1.165) is 29.3 Å². The highest BCUT2D eigenvalue weighted by atomic mass is 16.5. The fraction of sp³-hybridized carbons (Fsp3) is 0.0909. The van der Waals surface area contributed by atoms with Crippen LogP contribution in [0.2, 0.25) is 0 Å². The Morgan fingerprint density at radius 1 is 0.833 bits per heavy atom. The number of methoxy groups -OCH3 is 1. The normalized spacial score (nSPS) is 12.5. The van der Waals surface area contributed by atoms with Crippen molar-refractivity contribution in [3.05, 3.63) is 101 Å². The van der Waals surface area contributed by atoms with E-state index >= 15 is 0 Å². The predicted octanol–water partition coefficient (Wildman–Crippen LogP) is 5.09. The van der Waals surface area contributed by atoms with Crippen molar-refractivity contribution in [3.8, 4) is 11.5 Å². The Bertz CT molecular complexity index is 839. The predicted molar refractivity (Wildman–Crippen MR) is 96.2 cm³/mol. The average molecular weight is 314 g/mol. The molecule has 118 valence electrons. The van der Waals surface area contributed by atoms with Crippen molar-refractivity contribution in [2.24, 2.45) is 0 Å². The minimum Gasteiger partial charge on any atom is -0.497 e. The summed E-state index contributed by atoms with van der Waals surface area (Å²) in [6, 6.07) is 26.8. The molecular formula is C22H18O2. The maximum Gasteiger partial charge on any atom is 0.134 e. The molecule has 3 aromatic rings. The molecule has 1 aliphatic heterocycles. The van der Waals surface area contributed by atoms with Gasteiger partial charge in [-0.1, -0.05) is 66.7 Å². The van der Waals surface area contributed by atoms with Crippen LogP contribution < -0.4 is 9.47 Å². The molecule has 4 rings (SSSR count). The topological polar surface area (TPSA) is 18.5 Å². The van der Waals surface area contributed by atoms with E-state index in [2.05, 4.69) is 54.6 Å². The largest absolute Gasteiger partial charge is 0.497 e. The minimum absolute atomic E-state index is 0.790. The van der Waals surface area contributed by atoms with Gasteiger partial charge in [0, 0.05) is 23.6 Å². The van der Waals surface area contributed by atoms with Crippen LogP contribution in [0, 0.1) is 0 Å². The van der Waals surface area contributed by atoms with Crippen LogP contribution in [0.25, 0.3) is 5.57 Å². The molecule has 24 heavy (non-hydrogen) atoms. The third-order valence-electron chi connectivity index (χ3n) is 4.26. The summed E-state index contributed by atoms with van der Waals surface area (Å²) in [7, 11) is 1.67. The number of ether oxygens (including phenoxy) is 2. The molecule has 0 radical (unpaired) electrons. The van der Waals surface area contributed by atoms with Crippen LogP contribution in [0.1, 0.15) is 16.7 Å². The van der Waals surface area contributed by atoms with Gasteiger partial charge in [-0.05, 0) is 17.2 Å². The second-order valence-electron chi connectivity index (χ2n) is 5.78. The van der Waals surface area contributed by atoms with E-state index in [9.17, 15) is 0 Å². The van der Waals surface area contributed by atoms with Crippen molar-refractivity contribution in [3.63, 3.8) is 0 Å². The number of fused-ring (bicyclic) bond motifs is 1. The smallest absolute Gasteiger partial charge is 0.134 e. The Kier molecular flexibility index (Phi) is 3.80. The monoisotopic (exact) mass is 314 g/mol. The van der Waals surface area contributed by atoms with Crippen molar-refractivity contribution in [2.45, 2.75) is 6.42 Å². The summed E-state index contributed by atoms with van der Waals surface area (Å²) in [6.45, 7) is 0. The van der Waals surface area contributed by atoms with Crippen LogP contribution >= 0.6 is 0 Å². The van der Waals surface area contributed by atoms with Crippen molar-refractivity contribution >= 4 is 5.57 Å². The van der Waals surface area contributed by atoms with E-state index in [-0.39, 0.29) is 0 Å². The SMILES string of the molecule is COc1ccc2c(c1)OC(=C(c1ccccc1)c1ccccc1)C2. The van der Waals surface area contributed by atoms with Crippen molar-refractivity contribution in [2.75, 3.05) is 7.11 Å². The first-order valence-corrected chi connectivity index (χ1v) is 8.04. The fourth-order valence-electron chi connectivity index (χ4n) is 3.08. The molecule has 0 atom stereocenters. The van der Waals surface area contributed by atoms with Crippen LogP contribution in [-0.2, 0) is 6.42 Å². The van der Waals surface area contributed by atoms with Gasteiger partial charge in [-0.25, -0.2) is 0 Å². The maximum atomic E-state index is 6.22. The van der Waals surface area contributed by atoms with Gasteiger partial charge in [0.1, 0.15) is 17.3 Å². The molecular weight excluding hydrogens is 296 g/mol. The summed E-state index contributed by atoms with van der Waals surface area (Å²) in [5, 5.41) is 0. The molecule has 0 amide bonds. The molecule has 0 fully saturated rings. The Morgan fingerprint density at radius 2 is 1.46 bits per heavy atom.